The molecule has 1 aliphatic heterocycles. The number of piperidine rings is 1. The van der Waals surface area contributed by atoms with Crippen LogP contribution in [-0.4, -0.2) is 46.3 Å². The van der Waals surface area contributed by atoms with Crippen molar-refractivity contribution in [3.05, 3.63) is 36.4 Å². The first-order chi connectivity index (χ1) is 12.8. The number of amides is 1. The van der Waals surface area contributed by atoms with Gasteiger partial charge in [-0.2, -0.15) is 4.31 Å². The number of aryl methyl sites for hydroxylation is 1. The molecule has 0 aromatic carbocycles. The molecule has 1 N–H and O–H groups in total. The van der Waals surface area contributed by atoms with E-state index in [1.807, 2.05) is 26.8 Å². The molecule has 1 unspecified atom stereocenters. The summed E-state index contributed by atoms with van der Waals surface area (Å²) in [6.07, 6.45) is 6.01. The van der Waals surface area contributed by atoms with Gasteiger partial charge in [0.25, 0.3) is 10.0 Å². The minimum atomic E-state index is -3.71. The fourth-order valence-electron chi connectivity index (χ4n) is 3.01. The Labute approximate surface area is 159 Å². The van der Waals surface area contributed by atoms with Gasteiger partial charge in [0, 0.05) is 31.5 Å². The summed E-state index contributed by atoms with van der Waals surface area (Å²) < 4.78 is 28.9. The van der Waals surface area contributed by atoms with Gasteiger partial charge in [0.15, 0.2) is 5.03 Å². The van der Waals surface area contributed by atoms with Gasteiger partial charge < -0.3 is 9.88 Å². The maximum atomic E-state index is 12.9. The minimum Gasteiger partial charge on any atom is -0.334 e. The second-order valence-electron chi connectivity index (χ2n) is 7.17. The molecule has 1 amide bonds. The summed E-state index contributed by atoms with van der Waals surface area (Å²) in [5.41, 5.74) is 1.00. The van der Waals surface area contributed by atoms with Crippen molar-refractivity contribution >= 4 is 21.7 Å². The molecule has 3 rings (SSSR count). The molecule has 2 aromatic heterocycles. The van der Waals surface area contributed by atoms with E-state index in [1.165, 1.54) is 10.6 Å². The fourth-order valence-corrected chi connectivity index (χ4v) is 4.46. The molecule has 1 aliphatic rings. The van der Waals surface area contributed by atoms with Crippen molar-refractivity contribution < 1.29 is 13.2 Å². The van der Waals surface area contributed by atoms with Gasteiger partial charge in [-0.05, 0) is 45.2 Å². The summed E-state index contributed by atoms with van der Waals surface area (Å²) in [5, 5.41) is 2.80. The number of hydrogen-bond acceptors (Lipinski definition) is 5. The Kier molecular flexibility index (Phi) is 5.61. The Morgan fingerprint density at radius 1 is 1.30 bits per heavy atom. The van der Waals surface area contributed by atoms with E-state index in [2.05, 4.69) is 15.3 Å². The van der Waals surface area contributed by atoms with Crippen molar-refractivity contribution in [2.45, 2.75) is 44.7 Å². The molecule has 9 heteroatoms. The number of carbonyl (C=O) groups excluding carboxylic acids is 1. The Balaban J connectivity index is 1.70. The normalized spacial score (nSPS) is 18.6. The summed E-state index contributed by atoms with van der Waals surface area (Å²) >= 11 is 0. The lowest BCUT2D eigenvalue weighted by atomic mass is 9.99. The van der Waals surface area contributed by atoms with E-state index in [0.717, 1.165) is 5.56 Å². The van der Waals surface area contributed by atoms with Gasteiger partial charge in [-0.3, -0.25) is 4.79 Å². The largest absolute Gasteiger partial charge is 0.334 e. The van der Waals surface area contributed by atoms with Crippen LogP contribution < -0.4 is 5.32 Å². The summed E-state index contributed by atoms with van der Waals surface area (Å²) in [5.74, 6) is -0.149. The van der Waals surface area contributed by atoms with Crippen LogP contribution in [0.3, 0.4) is 0 Å². The molecule has 0 radical (unpaired) electrons. The number of sulfonamides is 1. The molecule has 2 aromatic rings. The molecule has 0 bridgehead atoms. The molecule has 8 nitrogen and oxygen atoms in total. The highest BCUT2D eigenvalue weighted by Gasteiger charge is 2.34. The van der Waals surface area contributed by atoms with E-state index in [9.17, 15) is 13.2 Å². The molecule has 1 saturated heterocycles. The molecular weight excluding hydrogens is 366 g/mol. The SMILES string of the molecule is Cc1ccc(NC(=O)C2CCCN(S(=O)(=O)c3cn(C(C)C)cn3)C2)nc1. The standard InChI is InChI=1S/C18H25N5O3S/c1-13(2)22-11-17(20-12-22)27(25,26)23-8-4-5-15(10-23)18(24)21-16-7-6-14(3)9-19-16/h6-7,9,11-13,15H,4-5,8,10H2,1-3H3,(H,19,21,24). The van der Waals surface area contributed by atoms with E-state index in [1.54, 1.807) is 23.0 Å². The van der Waals surface area contributed by atoms with Crippen LogP contribution in [0.2, 0.25) is 0 Å². The van der Waals surface area contributed by atoms with Crippen LogP contribution >= 0.6 is 0 Å². The third kappa shape index (κ3) is 4.36. The molecule has 3 heterocycles. The highest BCUT2D eigenvalue weighted by molar-refractivity contribution is 7.89. The zero-order chi connectivity index (χ0) is 19.6. The number of anilines is 1. The first-order valence-electron chi connectivity index (χ1n) is 9.04. The zero-order valence-corrected chi connectivity index (χ0v) is 16.6. The molecule has 146 valence electrons. The summed E-state index contributed by atoms with van der Waals surface area (Å²) in [6.45, 7) is 6.37. The molecule has 0 aliphatic carbocycles. The third-order valence-electron chi connectivity index (χ3n) is 4.70. The van der Waals surface area contributed by atoms with E-state index >= 15 is 0 Å². The second-order valence-corrected chi connectivity index (χ2v) is 9.05. The van der Waals surface area contributed by atoms with Gasteiger partial charge in [0.2, 0.25) is 5.91 Å². The lowest BCUT2D eigenvalue weighted by molar-refractivity contribution is -0.120. The molecule has 1 atom stereocenters. The number of nitrogens with zero attached hydrogens (tertiary/aromatic N) is 4. The predicted molar refractivity (Wildman–Crippen MR) is 102 cm³/mol. The number of rotatable bonds is 5. The maximum Gasteiger partial charge on any atom is 0.262 e. The fraction of sp³-hybridized carbons (Fsp3) is 0.500. The second kappa shape index (κ2) is 7.77. The molecule has 1 fully saturated rings. The highest BCUT2D eigenvalue weighted by Crippen LogP contribution is 2.24. The minimum absolute atomic E-state index is 0.0254. The number of carbonyl (C=O) groups is 1. The smallest absolute Gasteiger partial charge is 0.262 e. The molecular formula is C18H25N5O3S. The predicted octanol–water partition coefficient (Wildman–Crippen LogP) is 2.21. The average molecular weight is 391 g/mol. The van der Waals surface area contributed by atoms with Crippen molar-refractivity contribution in [1.29, 1.82) is 0 Å². The topological polar surface area (TPSA) is 97.2 Å². The quantitative estimate of drug-likeness (QED) is 0.843. The van der Waals surface area contributed by atoms with Crippen LogP contribution in [0, 0.1) is 12.8 Å². The van der Waals surface area contributed by atoms with Crippen LogP contribution in [0.5, 0.6) is 0 Å². The van der Waals surface area contributed by atoms with Crippen LogP contribution in [0.1, 0.15) is 38.3 Å². The molecule has 0 spiro atoms. The average Bonchev–Trinajstić information content (AvgIpc) is 3.15. The van der Waals surface area contributed by atoms with Gasteiger partial charge in [-0.1, -0.05) is 6.07 Å². The van der Waals surface area contributed by atoms with Crippen molar-refractivity contribution in [2.75, 3.05) is 18.4 Å². The Morgan fingerprint density at radius 3 is 2.70 bits per heavy atom. The number of hydrogen-bond donors (Lipinski definition) is 1. The maximum absolute atomic E-state index is 12.9. The zero-order valence-electron chi connectivity index (χ0n) is 15.8. The monoisotopic (exact) mass is 391 g/mol. The molecule has 27 heavy (non-hydrogen) atoms. The van der Waals surface area contributed by atoms with Crippen LogP contribution in [0.15, 0.2) is 35.9 Å². The number of nitrogens with one attached hydrogen (secondary N) is 1. The number of aromatic nitrogens is 3. The summed E-state index contributed by atoms with van der Waals surface area (Å²) in [7, 11) is -3.71. The van der Waals surface area contributed by atoms with Crippen LogP contribution in [-0.2, 0) is 14.8 Å². The van der Waals surface area contributed by atoms with Gasteiger partial charge in [0.05, 0.1) is 12.2 Å². The Bertz CT molecular complexity index is 905. The first kappa shape index (κ1) is 19.5. The molecule has 0 saturated carbocycles. The van der Waals surface area contributed by atoms with Crippen molar-refractivity contribution in [3.8, 4) is 0 Å². The van der Waals surface area contributed by atoms with Crippen LogP contribution in [0.4, 0.5) is 5.82 Å². The van der Waals surface area contributed by atoms with Gasteiger partial charge in [-0.25, -0.2) is 18.4 Å². The van der Waals surface area contributed by atoms with Gasteiger partial charge in [0.1, 0.15) is 5.82 Å². The van der Waals surface area contributed by atoms with E-state index in [4.69, 9.17) is 0 Å². The lowest BCUT2D eigenvalue weighted by Gasteiger charge is -2.30. The summed E-state index contributed by atoms with van der Waals surface area (Å²) in [6, 6.07) is 3.73. The van der Waals surface area contributed by atoms with Gasteiger partial charge >= 0.3 is 0 Å². The third-order valence-corrected chi connectivity index (χ3v) is 6.45. The lowest BCUT2D eigenvalue weighted by Crippen LogP contribution is -2.43. The van der Waals surface area contributed by atoms with Gasteiger partial charge in [-0.15, -0.1) is 0 Å². The van der Waals surface area contributed by atoms with Crippen LogP contribution in [0.25, 0.3) is 0 Å². The Hall–Kier alpha value is -2.26. The highest BCUT2D eigenvalue weighted by atomic mass is 32.2. The number of pyridine rings is 1. The van der Waals surface area contributed by atoms with E-state index in [0.29, 0.717) is 25.2 Å². The summed E-state index contributed by atoms with van der Waals surface area (Å²) in [4.78, 5) is 20.8. The van der Waals surface area contributed by atoms with E-state index in [-0.39, 0.29) is 23.5 Å². The van der Waals surface area contributed by atoms with Crippen molar-refractivity contribution in [2.24, 2.45) is 5.92 Å². The Morgan fingerprint density at radius 2 is 2.07 bits per heavy atom. The first-order valence-corrected chi connectivity index (χ1v) is 10.5. The van der Waals surface area contributed by atoms with Crippen molar-refractivity contribution in [3.63, 3.8) is 0 Å². The van der Waals surface area contributed by atoms with Crippen molar-refractivity contribution in [1.82, 2.24) is 18.8 Å². The van der Waals surface area contributed by atoms with E-state index < -0.39 is 15.9 Å². The number of imidazole rings is 1.